The van der Waals surface area contributed by atoms with Gasteiger partial charge in [0.15, 0.2) is 0 Å². The van der Waals surface area contributed by atoms with Gasteiger partial charge in [-0.1, -0.05) is 13.0 Å². The molecule has 4 nitrogen and oxygen atoms in total. The van der Waals surface area contributed by atoms with Crippen molar-refractivity contribution in [3.63, 3.8) is 0 Å². The van der Waals surface area contributed by atoms with Crippen LogP contribution in [0.5, 0.6) is 0 Å². The SMILES string of the molecule is Cc1c(F)cccc1N1C(=O)CC(C)C(C(=O)O)C1C. The zero-order chi connectivity index (χ0) is 15.0. The molecule has 1 fully saturated rings. The summed E-state index contributed by atoms with van der Waals surface area (Å²) in [7, 11) is 0. The third-order valence-electron chi connectivity index (χ3n) is 4.09. The van der Waals surface area contributed by atoms with E-state index in [1.54, 1.807) is 26.8 Å². The molecular formula is C15H18FNO3. The van der Waals surface area contributed by atoms with Crippen LogP contribution >= 0.6 is 0 Å². The van der Waals surface area contributed by atoms with Gasteiger partial charge in [0.25, 0.3) is 0 Å². The molecule has 1 heterocycles. The lowest BCUT2D eigenvalue weighted by Crippen LogP contribution is -2.53. The zero-order valence-corrected chi connectivity index (χ0v) is 11.8. The van der Waals surface area contributed by atoms with E-state index in [1.165, 1.54) is 17.0 Å². The predicted molar refractivity (Wildman–Crippen MR) is 73.0 cm³/mol. The average Bonchev–Trinajstić information content (AvgIpc) is 2.33. The van der Waals surface area contributed by atoms with Crippen molar-refractivity contribution in [3.05, 3.63) is 29.6 Å². The van der Waals surface area contributed by atoms with Crippen LogP contribution in [0.4, 0.5) is 10.1 Å². The van der Waals surface area contributed by atoms with Crippen molar-refractivity contribution in [3.8, 4) is 0 Å². The molecule has 1 aliphatic rings. The standard InChI is InChI=1S/C15H18FNO3/c1-8-7-13(18)17(10(3)14(8)15(19)20)12-6-4-5-11(16)9(12)2/h4-6,8,10,14H,7H2,1-3H3,(H,19,20). The Labute approximate surface area is 117 Å². The number of nitrogens with zero attached hydrogens (tertiary/aromatic N) is 1. The maximum Gasteiger partial charge on any atom is 0.308 e. The monoisotopic (exact) mass is 279 g/mol. The number of benzene rings is 1. The van der Waals surface area contributed by atoms with Gasteiger partial charge in [0.05, 0.1) is 5.92 Å². The maximum atomic E-state index is 13.7. The fraction of sp³-hybridized carbons (Fsp3) is 0.467. The van der Waals surface area contributed by atoms with E-state index in [2.05, 4.69) is 0 Å². The second-order valence-electron chi connectivity index (χ2n) is 5.43. The highest BCUT2D eigenvalue weighted by Gasteiger charge is 2.42. The highest BCUT2D eigenvalue weighted by atomic mass is 19.1. The number of carbonyl (C=O) groups excluding carboxylic acids is 1. The summed E-state index contributed by atoms with van der Waals surface area (Å²) in [6, 6.07) is 4.02. The number of halogens is 1. The fourth-order valence-corrected chi connectivity index (χ4v) is 3.02. The summed E-state index contributed by atoms with van der Waals surface area (Å²) in [6.45, 7) is 5.07. The Kier molecular flexibility index (Phi) is 3.79. The van der Waals surface area contributed by atoms with Crippen molar-refractivity contribution in [2.24, 2.45) is 11.8 Å². The van der Waals surface area contributed by atoms with E-state index in [0.29, 0.717) is 11.3 Å². The highest BCUT2D eigenvalue weighted by Crippen LogP contribution is 2.35. The van der Waals surface area contributed by atoms with E-state index in [4.69, 9.17) is 0 Å². The van der Waals surface area contributed by atoms with Crippen LogP contribution in [-0.4, -0.2) is 23.0 Å². The first kappa shape index (κ1) is 14.5. The van der Waals surface area contributed by atoms with Crippen LogP contribution < -0.4 is 4.90 Å². The van der Waals surface area contributed by atoms with Crippen molar-refractivity contribution in [1.29, 1.82) is 0 Å². The van der Waals surface area contributed by atoms with Crippen LogP contribution in [0.15, 0.2) is 18.2 Å². The lowest BCUT2D eigenvalue weighted by molar-refractivity contribution is -0.146. The number of amides is 1. The molecule has 1 aromatic rings. The molecule has 108 valence electrons. The molecule has 1 amide bonds. The van der Waals surface area contributed by atoms with Crippen molar-refractivity contribution in [2.45, 2.75) is 33.2 Å². The molecule has 1 aliphatic heterocycles. The number of rotatable bonds is 2. The fourth-order valence-electron chi connectivity index (χ4n) is 3.02. The van der Waals surface area contributed by atoms with Crippen LogP contribution in [0, 0.1) is 24.6 Å². The van der Waals surface area contributed by atoms with E-state index >= 15 is 0 Å². The molecule has 2 rings (SSSR count). The Balaban J connectivity index is 2.46. The van der Waals surface area contributed by atoms with Gasteiger partial charge in [-0.2, -0.15) is 0 Å². The molecule has 1 aromatic carbocycles. The van der Waals surface area contributed by atoms with Crippen molar-refractivity contribution >= 4 is 17.6 Å². The predicted octanol–water partition coefficient (Wildman–Crippen LogP) is 2.60. The number of aliphatic carboxylic acids is 1. The van der Waals surface area contributed by atoms with Crippen LogP contribution in [0.2, 0.25) is 0 Å². The lowest BCUT2D eigenvalue weighted by atomic mass is 9.80. The molecule has 0 saturated carbocycles. The molecule has 3 unspecified atom stereocenters. The van der Waals surface area contributed by atoms with Crippen LogP contribution in [0.25, 0.3) is 0 Å². The van der Waals surface area contributed by atoms with Gasteiger partial charge in [0, 0.05) is 23.7 Å². The Bertz CT molecular complexity index is 558. The van der Waals surface area contributed by atoms with Gasteiger partial charge >= 0.3 is 5.97 Å². The van der Waals surface area contributed by atoms with Crippen LogP contribution in [0.1, 0.15) is 25.8 Å². The Morgan fingerprint density at radius 1 is 1.40 bits per heavy atom. The minimum atomic E-state index is -0.920. The van der Waals surface area contributed by atoms with E-state index < -0.39 is 23.7 Å². The van der Waals surface area contributed by atoms with E-state index in [9.17, 15) is 19.1 Å². The normalized spacial score (nSPS) is 26.7. The molecule has 0 spiro atoms. The summed E-state index contributed by atoms with van der Waals surface area (Å²) in [4.78, 5) is 25.1. The Hall–Kier alpha value is -1.91. The van der Waals surface area contributed by atoms with Gasteiger partial charge < -0.3 is 10.0 Å². The number of carboxylic acids is 1. The molecule has 0 aliphatic carbocycles. The van der Waals surface area contributed by atoms with E-state index in [0.717, 1.165) is 0 Å². The molecule has 0 radical (unpaired) electrons. The molecule has 1 saturated heterocycles. The smallest absolute Gasteiger partial charge is 0.308 e. The molecule has 0 bridgehead atoms. The topological polar surface area (TPSA) is 57.6 Å². The maximum absolute atomic E-state index is 13.7. The number of hydrogen-bond acceptors (Lipinski definition) is 2. The van der Waals surface area contributed by atoms with Gasteiger partial charge in [-0.3, -0.25) is 9.59 Å². The first-order chi connectivity index (χ1) is 9.34. The summed E-state index contributed by atoms with van der Waals surface area (Å²) in [5.41, 5.74) is 0.826. The third kappa shape index (κ3) is 2.28. The summed E-state index contributed by atoms with van der Waals surface area (Å²) in [5, 5.41) is 9.34. The van der Waals surface area contributed by atoms with E-state index in [-0.39, 0.29) is 18.2 Å². The van der Waals surface area contributed by atoms with Gasteiger partial charge in [0.1, 0.15) is 5.82 Å². The number of piperidine rings is 1. The molecule has 5 heteroatoms. The van der Waals surface area contributed by atoms with Crippen molar-refractivity contribution < 1.29 is 19.1 Å². The van der Waals surface area contributed by atoms with Gasteiger partial charge in [0.2, 0.25) is 5.91 Å². The van der Waals surface area contributed by atoms with Crippen molar-refractivity contribution in [2.75, 3.05) is 4.90 Å². The van der Waals surface area contributed by atoms with Crippen molar-refractivity contribution in [1.82, 2.24) is 0 Å². The van der Waals surface area contributed by atoms with Gasteiger partial charge in [-0.05, 0) is 31.9 Å². The summed E-state index contributed by atoms with van der Waals surface area (Å²) in [5.74, 6) is -2.34. The zero-order valence-electron chi connectivity index (χ0n) is 11.8. The third-order valence-corrected chi connectivity index (χ3v) is 4.09. The minimum absolute atomic E-state index is 0.156. The summed E-state index contributed by atoms with van der Waals surface area (Å²) >= 11 is 0. The number of hydrogen-bond donors (Lipinski definition) is 1. The van der Waals surface area contributed by atoms with Crippen LogP contribution in [-0.2, 0) is 9.59 Å². The first-order valence-electron chi connectivity index (χ1n) is 6.64. The molecule has 1 N–H and O–H groups in total. The molecule has 20 heavy (non-hydrogen) atoms. The Morgan fingerprint density at radius 2 is 2.05 bits per heavy atom. The van der Waals surface area contributed by atoms with E-state index in [1.807, 2.05) is 0 Å². The molecular weight excluding hydrogens is 261 g/mol. The number of carbonyl (C=O) groups is 2. The average molecular weight is 279 g/mol. The lowest BCUT2D eigenvalue weighted by Gasteiger charge is -2.41. The minimum Gasteiger partial charge on any atom is -0.481 e. The van der Waals surface area contributed by atoms with Crippen LogP contribution in [0.3, 0.4) is 0 Å². The Morgan fingerprint density at radius 3 is 2.65 bits per heavy atom. The summed E-state index contributed by atoms with van der Waals surface area (Å²) in [6.07, 6.45) is 0.164. The highest BCUT2D eigenvalue weighted by molar-refractivity contribution is 5.97. The second-order valence-corrected chi connectivity index (χ2v) is 5.43. The first-order valence-corrected chi connectivity index (χ1v) is 6.64. The van der Waals surface area contributed by atoms with Gasteiger partial charge in [-0.25, -0.2) is 4.39 Å². The largest absolute Gasteiger partial charge is 0.481 e. The molecule has 0 aromatic heterocycles. The van der Waals surface area contributed by atoms with Gasteiger partial charge in [-0.15, -0.1) is 0 Å². The molecule has 3 atom stereocenters. The number of anilines is 1. The number of carboxylic acid groups (broad SMARTS) is 1. The quantitative estimate of drug-likeness (QED) is 0.905. The summed E-state index contributed by atoms with van der Waals surface area (Å²) < 4.78 is 13.7. The second kappa shape index (κ2) is 5.23.